The SMILES string of the molecule is CCC(CC)C(=O)N1CCC[C@H]1C(=O)N[C@H](Cc1ccc2ccccc2c1)C(=O)NCC(CN)OC(C)=O.Cl. The topological polar surface area (TPSA) is 131 Å². The molecule has 0 spiro atoms. The number of hydrogen-bond acceptors (Lipinski definition) is 6. The van der Waals surface area contributed by atoms with Gasteiger partial charge in [-0.15, -0.1) is 12.4 Å². The normalized spacial score (nSPS) is 16.3. The summed E-state index contributed by atoms with van der Waals surface area (Å²) in [5, 5.41) is 7.80. The molecule has 0 aromatic heterocycles. The molecule has 1 unspecified atom stereocenters. The fraction of sp³-hybridized carbons (Fsp3) is 0.517. The Balaban J connectivity index is 0.00000533. The Morgan fingerprint density at radius 3 is 2.41 bits per heavy atom. The maximum Gasteiger partial charge on any atom is 0.303 e. The number of rotatable bonds is 12. The summed E-state index contributed by atoms with van der Waals surface area (Å²) >= 11 is 0. The summed E-state index contributed by atoms with van der Waals surface area (Å²) in [6, 6.07) is 12.4. The van der Waals surface area contributed by atoms with E-state index in [0.717, 1.165) is 35.6 Å². The third kappa shape index (κ3) is 8.66. The second kappa shape index (κ2) is 15.4. The van der Waals surface area contributed by atoms with Crippen molar-refractivity contribution in [1.82, 2.24) is 15.5 Å². The van der Waals surface area contributed by atoms with Crippen LogP contribution in [0.2, 0.25) is 0 Å². The van der Waals surface area contributed by atoms with Crippen molar-refractivity contribution >= 4 is 46.9 Å². The molecule has 4 N–H and O–H groups in total. The second-order valence-electron chi connectivity index (χ2n) is 9.86. The Bertz CT molecular complexity index is 1140. The molecule has 1 fully saturated rings. The molecule has 10 heteroatoms. The van der Waals surface area contributed by atoms with Crippen LogP contribution in [0.4, 0.5) is 0 Å². The molecule has 0 saturated carbocycles. The highest BCUT2D eigenvalue weighted by Crippen LogP contribution is 2.23. The van der Waals surface area contributed by atoms with Gasteiger partial charge >= 0.3 is 5.97 Å². The average Bonchev–Trinajstić information content (AvgIpc) is 3.41. The van der Waals surface area contributed by atoms with E-state index in [-0.39, 0.29) is 49.6 Å². The Hall–Kier alpha value is -3.17. The van der Waals surface area contributed by atoms with E-state index in [0.29, 0.717) is 13.0 Å². The highest BCUT2D eigenvalue weighted by Gasteiger charge is 2.37. The summed E-state index contributed by atoms with van der Waals surface area (Å²) in [4.78, 5) is 52.8. The number of carbonyl (C=O) groups excluding carboxylic acids is 4. The van der Waals surface area contributed by atoms with Gasteiger partial charge in [0.25, 0.3) is 0 Å². The largest absolute Gasteiger partial charge is 0.459 e. The zero-order valence-electron chi connectivity index (χ0n) is 23.0. The van der Waals surface area contributed by atoms with Gasteiger partial charge in [0.1, 0.15) is 18.2 Å². The van der Waals surface area contributed by atoms with Crippen LogP contribution in [-0.4, -0.2) is 66.4 Å². The van der Waals surface area contributed by atoms with Crippen LogP contribution in [0.15, 0.2) is 42.5 Å². The zero-order chi connectivity index (χ0) is 27.7. The van der Waals surface area contributed by atoms with Crippen molar-refractivity contribution in [2.75, 3.05) is 19.6 Å². The van der Waals surface area contributed by atoms with E-state index in [9.17, 15) is 19.2 Å². The van der Waals surface area contributed by atoms with Crippen molar-refractivity contribution in [1.29, 1.82) is 0 Å². The Morgan fingerprint density at radius 1 is 1.08 bits per heavy atom. The molecule has 0 aliphatic carbocycles. The fourth-order valence-electron chi connectivity index (χ4n) is 5.00. The number of halogens is 1. The molecule has 2 aromatic rings. The minimum Gasteiger partial charge on any atom is -0.459 e. The number of benzene rings is 2. The number of likely N-dealkylation sites (tertiary alicyclic amines) is 1. The molecule has 0 radical (unpaired) electrons. The van der Waals surface area contributed by atoms with Gasteiger partial charge in [-0.05, 0) is 42.0 Å². The molecule has 1 saturated heterocycles. The highest BCUT2D eigenvalue weighted by molar-refractivity contribution is 5.93. The van der Waals surface area contributed by atoms with Gasteiger partial charge in [-0.25, -0.2) is 0 Å². The smallest absolute Gasteiger partial charge is 0.303 e. The predicted octanol–water partition coefficient (Wildman–Crippen LogP) is 2.72. The van der Waals surface area contributed by atoms with Crippen molar-refractivity contribution in [2.45, 2.75) is 71.1 Å². The lowest BCUT2D eigenvalue weighted by atomic mass is 10.00. The molecule has 1 heterocycles. The van der Waals surface area contributed by atoms with Gasteiger partial charge in [0, 0.05) is 32.4 Å². The number of nitrogens with one attached hydrogen (secondary N) is 2. The number of hydrogen-bond donors (Lipinski definition) is 3. The van der Waals surface area contributed by atoms with Gasteiger partial charge in [-0.3, -0.25) is 19.2 Å². The van der Waals surface area contributed by atoms with Crippen LogP contribution >= 0.6 is 12.4 Å². The van der Waals surface area contributed by atoms with Crippen molar-refractivity contribution in [3.8, 4) is 0 Å². The first kappa shape index (κ1) is 32.0. The summed E-state index contributed by atoms with van der Waals surface area (Å²) in [5.41, 5.74) is 6.56. The number of esters is 1. The second-order valence-corrected chi connectivity index (χ2v) is 9.86. The minimum absolute atomic E-state index is 0. The standard InChI is InChI=1S/C29H40N4O5.ClH/c1-4-21(5-2)29(37)33-14-8-11-26(33)28(36)32-25(27(35)31-18-24(17-30)38-19(3)34)16-20-12-13-22-9-6-7-10-23(22)15-20;/h6-7,9-10,12-13,15,21,24-26H,4-5,8,11,14,16-18,30H2,1-3H3,(H,31,35)(H,32,36);1H/t24?,25-,26+;/m1./s1. The van der Waals surface area contributed by atoms with Crippen LogP contribution in [0.5, 0.6) is 0 Å². The van der Waals surface area contributed by atoms with E-state index in [4.69, 9.17) is 10.5 Å². The number of carbonyl (C=O) groups is 4. The van der Waals surface area contributed by atoms with Gasteiger partial charge in [0.15, 0.2) is 0 Å². The van der Waals surface area contributed by atoms with E-state index in [1.807, 2.05) is 56.3 Å². The third-order valence-corrected chi connectivity index (χ3v) is 7.16. The van der Waals surface area contributed by atoms with Crippen molar-refractivity contribution in [2.24, 2.45) is 11.7 Å². The maximum absolute atomic E-state index is 13.4. The monoisotopic (exact) mass is 560 g/mol. The molecular weight excluding hydrogens is 520 g/mol. The number of amides is 3. The van der Waals surface area contributed by atoms with Gasteiger partial charge in [-0.2, -0.15) is 0 Å². The predicted molar refractivity (Wildman–Crippen MR) is 153 cm³/mol. The van der Waals surface area contributed by atoms with Crippen molar-refractivity contribution < 1.29 is 23.9 Å². The third-order valence-electron chi connectivity index (χ3n) is 7.16. The summed E-state index contributed by atoms with van der Waals surface area (Å²) in [6.45, 7) is 5.86. The minimum atomic E-state index is -0.884. The molecule has 9 nitrogen and oxygen atoms in total. The number of nitrogens with zero attached hydrogens (tertiary/aromatic N) is 1. The Kier molecular flexibility index (Phi) is 12.7. The lowest BCUT2D eigenvalue weighted by Gasteiger charge is -2.29. The molecule has 214 valence electrons. The number of ether oxygens (including phenoxy) is 1. The van der Waals surface area contributed by atoms with E-state index < -0.39 is 30.1 Å². The first-order chi connectivity index (χ1) is 18.3. The average molecular weight is 561 g/mol. The van der Waals surface area contributed by atoms with E-state index >= 15 is 0 Å². The van der Waals surface area contributed by atoms with Crippen LogP contribution in [-0.2, 0) is 30.3 Å². The Labute approximate surface area is 236 Å². The molecular formula is C29H41ClN4O5. The molecule has 3 amide bonds. The molecule has 1 aliphatic heterocycles. The van der Waals surface area contributed by atoms with Crippen LogP contribution < -0.4 is 16.4 Å². The summed E-state index contributed by atoms with van der Waals surface area (Å²) < 4.78 is 5.13. The van der Waals surface area contributed by atoms with E-state index in [1.165, 1.54) is 6.92 Å². The van der Waals surface area contributed by atoms with Gasteiger partial charge in [0.05, 0.1) is 6.54 Å². The van der Waals surface area contributed by atoms with Crippen molar-refractivity contribution in [3.05, 3.63) is 48.0 Å². The van der Waals surface area contributed by atoms with E-state index in [2.05, 4.69) is 10.6 Å². The number of fused-ring (bicyclic) bond motifs is 1. The van der Waals surface area contributed by atoms with Gasteiger partial charge in [-0.1, -0.05) is 56.3 Å². The van der Waals surface area contributed by atoms with Crippen LogP contribution in [0.3, 0.4) is 0 Å². The summed E-state index contributed by atoms with van der Waals surface area (Å²) in [6.07, 6.45) is 2.33. The Morgan fingerprint density at radius 2 is 1.77 bits per heavy atom. The van der Waals surface area contributed by atoms with Gasteiger partial charge < -0.3 is 26.0 Å². The zero-order valence-corrected chi connectivity index (χ0v) is 23.8. The molecule has 0 bridgehead atoms. The quantitative estimate of drug-likeness (QED) is 0.342. The molecule has 39 heavy (non-hydrogen) atoms. The molecule has 2 aromatic carbocycles. The lowest BCUT2D eigenvalue weighted by molar-refractivity contribution is -0.146. The molecule has 3 rings (SSSR count). The van der Waals surface area contributed by atoms with Crippen LogP contribution in [0.1, 0.15) is 52.0 Å². The molecule has 1 aliphatic rings. The maximum atomic E-state index is 13.4. The van der Waals surface area contributed by atoms with Gasteiger partial charge in [0.2, 0.25) is 17.7 Å². The fourth-order valence-corrected chi connectivity index (χ4v) is 5.00. The number of nitrogens with two attached hydrogens (primary N) is 1. The summed E-state index contributed by atoms with van der Waals surface area (Å²) in [5.74, 6) is -1.35. The van der Waals surface area contributed by atoms with Crippen LogP contribution in [0.25, 0.3) is 10.8 Å². The van der Waals surface area contributed by atoms with Crippen LogP contribution in [0, 0.1) is 5.92 Å². The van der Waals surface area contributed by atoms with E-state index in [1.54, 1.807) is 4.90 Å². The first-order valence-electron chi connectivity index (χ1n) is 13.5. The lowest BCUT2D eigenvalue weighted by Crippen LogP contribution is -2.55. The van der Waals surface area contributed by atoms with Crippen molar-refractivity contribution in [3.63, 3.8) is 0 Å². The summed E-state index contributed by atoms with van der Waals surface area (Å²) in [7, 11) is 0. The molecule has 3 atom stereocenters. The first-order valence-corrected chi connectivity index (χ1v) is 13.5. The highest BCUT2D eigenvalue weighted by atomic mass is 35.5.